The highest BCUT2D eigenvalue weighted by Crippen LogP contribution is 2.41. The van der Waals surface area contributed by atoms with Gasteiger partial charge in [-0.2, -0.15) is 0 Å². The predicted octanol–water partition coefficient (Wildman–Crippen LogP) is 3.48. The lowest BCUT2D eigenvalue weighted by atomic mass is 9.94. The molecule has 2 aliphatic heterocycles. The molecule has 1 amide bonds. The largest absolute Gasteiger partial charge is 0.507 e. The minimum absolute atomic E-state index is 0.120. The van der Waals surface area contributed by atoms with Crippen LogP contribution in [-0.2, 0) is 14.3 Å². The number of aromatic nitrogens is 1. The highest BCUT2D eigenvalue weighted by atomic mass is 16.5. The number of carbonyl (C=O) groups excluding carboxylic acids is 2. The van der Waals surface area contributed by atoms with Crippen molar-refractivity contribution in [3.63, 3.8) is 0 Å². The van der Waals surface area contributed by atoms with Crippen molar-refractivity contribution < 1.29 is 24.2 Å². The Labute approximate surface area is 206 Å². The van der Waals surface area contributed by atoms with Crippen molar-refractivity contribution in [1.29, 1.82) is 0 Å². The van der Waals surface area contributed by atoms with Gasteiger partial charge in [-0.05, 0) is 50.5 Å². The molecule has 8 heteroatoms. The third-order valence-electron chi connectivity index (χ3n) is 6.87. The van der Waals surface area contributed by atoms with E-state index in [2.05, 4.69) is 9.88 Å². The smallest absolute Gasteiger partial charge is 0.295 e. The number of aliphatic hydroxyl groups is 1. The molecular weight excluding hydrogens is 446 g/mol. The molecule has 0 radical (unpaired) electrons. The predicted molar refractivity (Wildman–Crippen MR) is 134 cm³/mol. The monoisotopic (exact) mass is 481 g/mol. The quantitative estimate of drug-likeness (QED) is 0.341. The molecule has 2 fully saturated rings. The van der Waals surface area contributed by atoms with Crippen LogP contribution in [0.3, 0.4) is 0 Å². The Hall–Kier alpha value is -3.10. The number of aliphatic hydroxyl groups excluding tert-OH is 1. The van der Waals surface area contributed by atoms with Gasteiger partial charge in [0, 0.05) is 43.1 Å². The molecular formula is C27H35N3O5. The van der Waals surface area contributed by atoms with Crippen LogP contribution in [0.5, 0.6) is 5.75 Å². The fourth-order valence-electron chi connectivity index (χ4n) is 4.92. The second kappa shape index (κ2) is 10.7. The number of hydrogen-bond donors (Lipinski definition) is 2. The van der Waals surface area contributed by atoms with E-state index >= 15 is 0 Å². The van der Waals surface area contributed by atoms with Crippen LogP contribution in [0, 0.1) is 20.8 Å². The molecule has 1 aromatic heterocycles. The van der Waals surface area contributed by atoms with Gasteiger partial charge in [0.25, 0.3) is 11.7 Å². The summed E-state index contributed by atoms with van der Waals surface area (Å²) in [5.41, 5.74) is 3.97. The third-order valence-corrected chi connectivity index (χ3v) is 6.87. The third kappa shape index (κ3) is 4.99. The standard InChI is InChI=1S/C27H35N3O5/c1-5-13-35-21-8-6-7-20(16-21)24-23(25(31)22-17(2)18(3)28-19(22)4)26(32)27(33)30(24)10-9-29-11-14-34-15-12-29/h6-8,16,24,28,31H,5,9-15H2,1-4H3/b25-23+. The average molecular weight is 482 g/mol. The molecule has 35 heavy (non-hydrogen) atoms. The maximum absolute atomic E-state index is 13.4. The first-order chi connectivity index (χ1) is 16.8. The van der Waals surface area contributed by atoms with Crippen LogP contribution >= 0.6 is 0 Å². The van der Waals surface area contributed by atoms with Gasteiger partial charge in [-0.3, -0.25) is 14.5 Å². The zero-order valence-corrected chi connectivity index (χ0v) is 21.0. The number of benzene rings is 1. The Morgan fingerprint density at radius 1 is 1.14 bits per heavy atom. The van der Waals surface area contributed by atoms with Gasteiger partial charge >= 0.3 is 0 Å². The molecule has 1 atom stereocenters. The number of ketones is 1. The Kier molecular flexibility index (Phi) is 7.62. The van der Waals surface area contributed by atoms with Gasteiger partial charge in [0.2, 0.25) is 0 Å². The first-order valence-corrected chi connectivity index (χ1v) is 12.3. The maximum Gasteiger partial charge on any atom is 0.295 e. The molecule has 2 N–H and O–H groups in total. The SMILES string of the molecule is CCCOc1cccc(C2/C(=C(\O)c3c(C)[nH]c(C)c3C)C(=O)C(=O)N2CCN2CCOCC2)c1. The second-order valence-corrected chi connectivity index (χ2v) is 9.24. The Balaban J connectivity index is 1.78. The summed E-state index contributed by atoms with van der Waals surface area (Å²) in [7, 11) is 0. The van der Waals surface area contributed by atoms with Crippen molar-refractivity contribution >= 4 is 17.4 Å². The lowest BCUT2D eigenvalue weighted by molar-refractivity contribution is -0.140. The normalized spacial score (nSPS) is 20.6. The Morgan fingerprint density at radius 2 is 1.89 bits per heavy atom. The minimum Gasteiger partial charge on any atom is -0.507 e. The number of H-pyrrole nitrogens is 1. The van der Waals surface area contributed by atoms with Gasteiger partial charge in [0.1, 0.15) is 11.5 Å². The van der Waals surface area contributed by atoms with Crippen LogP contribution in [0.4, 0.5) is 0 Å². The van der Waals surface area contributed by atoms with Crippen molar-refractivity contribution in [1.82, 2.24) is 14.8 Å². The number of nitrogens with one attached hydrogen (secondary N) is 1. The fraction of sp³-hybridized carbons (Fsp3) is 0.481. The molecule has 1 unspecified atom stereocenters. The molecule has 2 aliphatic rings. The molecule has 188 valence electrons. The van der Waals surface area contributed by atoms with Crippen molar-refractivity contribution in [3.05, 3.63) is 57.9 Å². The molecule has 8 nitrogen and oxygen atoms in total. The van der Waals surface area contributed by atoms with E-state index in [9.17, 15) is 14.7 Å². The number of nitrogens with zero attached hydrogens (tertiary/aromatic N) is 2. The van der Waals surface area contributed by atoms with Crippen molar-refractivity contribution in [2.75, 3.05) is 46.0 Å². The summed E-state index contributed by atoms with van der Waals surface area (Å²) in [6.45, 7) is 12.2. The number of likely N-dealkylation sites (tertiary alicyclic amines) is 1. The zero-order valence-electron chi connectivity index (χ0n) is 21.0. The van der Waals surface area contributed by atoms with E-state index in [4.69, 9.17) is 9.47 Å². The summed E-state index contributed by atoms with van der Waals surface area (Å²) in [5, 5.41) is 11.5. The van der Waals surface area contributed by atoms with Crippen LogP contribution in [-0.4, -0.2) is 77.6 Å². The summed E-state index contributed by atoms with van der Waals surface area (Å²) < 4.78 is 11.3. The van der Waals surface area contributed by atoms with Gasteiger partial charge < -0.3 is 24.5 Å². The molecule has 4 rings (SSSR count). The number of aromatic amines is 1. The van der Waals surface area contributed by atoms with E-state index in [1.54, 1.807) is 4.90 Å². The average Bonchev–Trinajstić information content (AvgIpc) is 3.27. The molecule has 2 saturated heterocycles. The number of amides is 1. The van der Waals surface area contributed by atoms with Crippen LogP contribution in [0.1, 0.15) is 47.5 Å². The number of Topliss-reactive ketones (excluding diaryl/α,β-unsaturated/α-hetero) is 1. The van der Waals surface area contributed by atoms with Crippen molar-refractivity contribution in [3.8, 4) is 5.75 Å². The first-order valence-electron chi connectivity index (χ1n) is 12.3. The molecule has 1 aromatic carbocycles. The van der Waals surface area contributed by atoms with E-state index in [1.165, 1.54) is 0 Å². The first kappa shape index (κ1) is 25.0. The summed E-state index contributed by atoms with van der Waals surface area (Å²) in [6.07, 6.45) is 0.869. The molecule has 0 bridgehead atoms. The summed E-state index contributed by atoms with van der Waals surface area (Å²) in [5.74, 6) is -0.714. The van der Waals surface area contributed by atoms with Crippen molar-refractivity contribution in [2.45, 2.75) is 40.2 Å². The number of ether oxygens (including phenoxy) is 2. The second-order valence-electron chi connectivity index (χ2n) is 9.24. The van der Waals surface area contributed by atoms with Crippen LogP contribution in [0.2, 0.25) is 0 Å². The highest BCUT2D eigenvalue weighted by molar-refractivity contribution is 6.46. The number of hydrogen-bond acceptors (Lipinski definition) is 6. The van der Waals surface area contributed by atoms with Gasteiger partial charge in [-0.15, -0.1) is 0 Å². The Bertz CT molecular complexity index is 1130. The van der Waals surface area contributed by atoms with Crippen LogP contribution in [0.15, 0.2) is 29.8 Å². The fourth-order valence-corrected chi connectivity index (χ4v) is 4.92. The minimum atomic E-state index is -0.699. The van der Waals surface area contributed by atoms with Gasteiger partial charge in [-0.25, -0.2) is 0 Å². The van der Waals surface area contributed by atoms with E-state index in [1.807, 2.05) is 52.0 Å². The van der Waals surface area contributed by atoms with E-state index in [0.29, 0.717) is 44.2 Å². The molecule has 2 aromatic rings. The maximum atomic E-state index is 13.4. The highest BCUT2D eigenvalue weighted by Gasteiger charge is 2.46. The molecule has 0 aliphatic carbocycles. The lowest BCUT2D eigenvalue weighted by Crippen LogP contribution is -2.42. The molecule has 0 saturated carbocycles. The van der Waals surface area contributed by atoms with E-state index < -0.39 is 17.7 Å². The van der Waals surface area contributed by atoms with Crippen molar-refractivity contribution in [2.24, 2.45) is 0 Å². The number of rotatable bonds is 8. The van der Waals surface area contributed by atoms with E-state index in [-0.39, 0.29) is 11.3 Å². The van der Waals surface area contributed by atoms with Gasteiger partial charge in [0.05, 0.1) is 31.4 Å². The molecule has 3 heterocycles. The van der Waals surface area contributed by atoms with Crippen LogP contribution in [0.25, 0.3) is 5.76 Å². The summed E-state index contributed by atoms with van der Waals surface area (Å²) in [6, 6.07) is 6.77. The lowest BCUT2D eigenvalue weighted by Gasteiger charge is -2.31. The number of morpholine rings is 1. The summed E-state index contributed by atoms with van der Waals surface area (Å²) in [4.78, 5) is 33.7. The van der Waals surface area contributed by atoms with Gasteiger partial charge in [-0.1, -0.05) is 19.1 Å². The number of carbonyl (C=O) groups is 2. The Morgan fingerprint density at radius 3 is 2.54 bits per heavy atom. The number of aryl methyl sites for hydroxylation is 2. The van der Waals surface area contributed by atoms with Crippen LogP contribution < -0.4 is 4.74 Å². The molecule has 0 spiro atoms. The van der Waals surface area contributed by atoms with Gasteiger partial charge in [0.15, 0.2) is 0 Å². The van der Waals surface area contributed by atoms with E-state index in [0.717, 1.165) is 42.0 Å². The zero-order chi connectivity index (χ0) is 25.1. The summed E-state index contributed by atoms with van der Waals surface area (Å²) >= 11 is 0. The topological polar surface area (TPSA) is 95.1 Å².